The number of fused-ring (bicyclic) bond motifs is 1. The molecule has 0 aliphatic carbocycles. The number of rotatable bonds is 5. The summed E-state index contributed by atoms with van der Waals surface area (Å²) in [5, 5.41) is 17.2. The van der Waals surface area contributed by atoms with Crippen molar-refractivity contribution in [3.8, 4) is 0 Å². The predicted molar refractivity (Wildman–Crippen MR) is 102 cm³/mol. The number of halogens is 2. The van der Waals surface area contributed by atoms with Gasteiger partial charge in [-0.2, -0.15) is 5.10 Å². The molecule has 25 heavy (non-hydrogen) atoms. The van der Waals surface area contributed by atoms with Gasteiger partial charge in [0.2, 0.25) is 5.96 Å². The molecule has 0 saturated heterocycles. The molecule has 1 aromatic carbocycles. The molecule has 0 atom stereocenters. The first-order valence-electron chi connectivity index (χ1n) is 7.17. The average Bonchev–Trinajstić information content (AvgIpc) is 2.97. The molecule has 2 aromatic heterocycles. The minimum Gasteiger partial charge on any atom is -0.369 e. The van der Waals surface area contributed by atoms with Crippen molar-refractivity contribution in [1.29, 1.82) is 0 Å². The molecule has 6 N–H and O–H groups in total. The lowest BCUT2D eigenvalue weighted by molar-refractivity contribution is 0.860. The first kappa shape index (κ1) is 18.6. The van der Waals surface area contributed by atoms with Crippen LogP contribution in [-0.4, -0.2) is 32.7 Å². The normalized spacial score (nSPS) is 10.2. The summed E-state index contributed by atoms with van der Waals surface area (Å²) in [6, 6.07) is 7.32. The Morgan fingerprint density at radius 1 is 1.36 bits per heavy atom. The average molecular weight is 382 g/mol. The molecule has 0 aliphatic rings. The number of aromatic amines is 1. The van der Waals surface area contributed by atoms with Crippen molar-refractivity contribution in [3.63, 3.8) is 0 Å². The zero-order chi connectivity index (χ0) is 17.1. The monoisotopic (exact) mass is 381 g/mol. The Kier molecular flexibility index (Phi) is 5.84. The summed E-state index contributed by atoms with van der Waals surface area (Å²) in [5.41, 5.74) is 12.3. The number of hydrazone groups is 1. The topological polar surface area (TPSA) is 134 Å². The van der Waals surface area contributed by atoms with Gasteiger partial charge in [-0.15, -0.1) is 17.5 Å². The predicted octanol–water partition coefficient (Wildman–Crippen LogP) is 2.19. The Morgan fingerprint density at radius 2 is 2.16 bits per heavy atom. The van der Waals surface area contributed by atoms with Gasteiger partial charge in [-0.25, -0.2) is 15.0 Å². The Morgan fingerprint density at radius 3 is 2.84 bits per heavy atom. The first-order chi connectivity index (χ1) is 11.6. The first-order valence-corrected chi connectivity index (χ1v) is 7.55. The number of hydrogen-bond donors (Lipinski definition) is 4. The highest BCUT2D eigenvalue weighted by atomic mass is 35.5. The fraction of sp³-hybridized carbons (Fsp3) is 0.143. The molecule has 0 unspecified atom stereocenters. The van der Waals surface area contributed by atoms with Gasteiger partial charge in [0.05, 0.1) is 0 Å². The lowest BCUT2D eigenvalue weighted by atomic mass is 10.3. The summed E-state index contributed by atoms with van der Waals surface area (Å²) >= 11 is 6.02. The second-order valence-corrected chi connectivity index (χ2v) is 5.31. The molecule has 132 valence electrons. The highest BCUT2D eigenvalue weighted by Gasteiger charge is 2.18. The fourth-order valence-corrected chi connectivity index (χ4v) is 2.43. The molecule has 0 aliphatic heterocycles. The Hall–Kier alpha value is -2.78. The lowest BCUT2D eigenvalue weighted by Gasteiger charge is -2.15. The van der Waals surface area contributed by atoms with Crippen molar-refractivity contribution in [2.75, 3.05) is 16.9 Å². The minimum atomic E-state index is -0.0609. The second kappa shape index (κ2) is 7.86. The number of nitrogens with zero attached hydrogens (tertiary/aromatic N) is 5. The molecule has 0 amide bonds. The summed E-state index contributed by atoms with van der Waals surface area (Å²) in [5.74, 6) is 1.02. The molecular weight excluding hydrogens is 365 g/mol. The second-order valence-electron chi connectivity index (χ2n) is 4.87. The Balaban J connectivity index is 0.00000225. The molecule has 3 aromatic rings. The summed E-state index contributed by atoms with van der Waals surface area (Å²) in [6.45, 7) is 2.42. The van der Waals surface area contributed by atoms with Crippen LogP contribution in [0.3, 0.4) is 0 Å². The number of anilines is 3. The highest BCUT2D eigenvalue weighted by molar-refractivity contribution is 6.30. The number of guanidine groups is 1. The number of nitrogens with one attached hydrogen (secondary N) is 2. The molecule has 2 heterocycles. The number of nitrogens with two attached hydrogens (primary N) is 2. The van der Waals surface area contributed by atoms with Crippen LogP contribution in [0.1, 0.15) is 6.92 Å². The third-order valence-corrected chi connectivity index (χ3v) is 3.44. The van der Waals surface area contributed by atoms with E-state index in [9.17, 15) is 0 Å². The smallest absolute Gasteiger partial charge is 0.209 e. The van der Waals surface area contributed by atoms with E-state index < -0.39 is 0 Å². The van der Waals surface area contributed by atoms with Crippen LogP contribution in [0.5, 0.6) is 0 Å². The molecule has 0 fully saturated rings. The van der Waals surface area contributed by atoms with Crippen LogP contribution >= 0.6 is 24.0 Å². The maximum absolute atomic E-state index is 6.02. The van der Waals surface area contributed by atoms with E-state index in [1.807, 2.05) is 19.1 Å². The highest BCUT2D eigenvalue weighted by Crippen LogP contribution is 2.30. The summed E-state index contributed by atoms with van der Waals surface area (Å²) in [6.07, 6.45) is 1.44. The zero-order valence-electron chi connectivity index (χ0n) is 13.3. The quantitative estimate of drug-likeness (QED) is 0.302. The van der Waals surface area contributed by atoms with Gasteiger partial charge in [0.25, 0.3) is 0 Å². The van der Waals surface area contributed by atoms with Crippen molar-refractivity contribution in [1.82, 2.24) is 20.2 Å². The van der Waals surface area contributed by atoms with E-state index in [0.29, 0.717) is 34.2 Å². The number of hydrogen-bond acceptors (Lipinski definition) is 6. The molecule has 0 spiro atoms. The van der Waals surface area contributed by atoms with Crippen molar-refractivity contribution >= 4 is 58.3 Å². The maximum Gasteiger partial charge on any atom is 0.209 e. The van der Waals surface area contributed by atoms with Crippen LogP contribution in [0, 0.1) is 0 Å². The number of aromatic nitrogens is 4. The molecular formula is C14H17Cl2N9. The molecule has 3 rings (SSSR count). The zero-order valence-corrected chi connectivity index (χ0v) is 14.8. The third kappa shape index (κ3) is 4.01. The summed E-state index contributed by atoms with van der Waals surface area (Å²) < 4.78 is 0. The van der Waals surface area contributed by atoms with Crippen LogP contribution < -0.4 is 21.8 Å². The van der Waals surface area contributed by atoms with Gasteiger partial charge in [0.15, 0.2) is 11.5 Å². The van der Waals surface area contributed by atoms with Gasteiger partial charge < -0.3 is 16.8 Å². The fourth-order valence-electron chi connectivity index (χ4n) is 2.24. The van der Waals surface area contributed by atoms with Gasteiger partial charge in [-0.3, -0.25) is 5.10 Å². The van der Waals surface area contributed by atoms with Crippen LogP contribution in [0.4, 0.5) is 17.3 Å². The van der Waals surface area contributed by atoms with Gasteiger partial charge >= 0.3 is 0 Å². The molecule has 11 heteroatoms. The van der Waals surface area contributed by atoms with Gasteiger partial charge in [0, 0.05) is 17.3 Å². The molecule has 9 nitrogen and oxygen atoms in total. The largest absolute Gasteiger partial charge is 0.369 e. The SMILES string of the molecule is CCN(N=C(N)N)c1n[nH]c2ncnc(Nc3cccc(Cl)c3)c12.Cl. The number of H-pyrrole nitrogens is 1. The van der Waals surface area contributed by atoms with E-state index in [4.69, 9.17) is 23.1 Å². The van der Waals surface area contributed by atoms with Crippen molar-refractivity contribution in [2.24, 2.45) is 16.6 Å². The standard InChI is InChI=1S/C14H16ClN9.ClH/c1-2-24(23-14(16)17)13-10-11(18-7-19-12(10)21-22-13)20-9-5-3-4-8(15)6-9;/h3-7H,2H2,1H3,(H4,16,17,23)(H2,18,19,20,21,22);1H. The molecule has 0 bridgehead atoms. The van der Waals surface area contributed by atoms with Crippen LogP contribution in [0.25, 0.3) is 11.0 Å². The van der Waals surface area contributed by atoms with E-state index >= 15 is 0 Å². The van der Waals surface area contributed by atoms with Gasteiger partial charge in [-0.1, -0.05) is 17.7 Å². The maximum atomic E-state index is 6.02. The van der Waals surface area contributed by atoms with E-state index in [0.717, 1.165) is 5.69 Å². The van der Waals surface area contributed by atoms with E-state index in [1.54, 1.807) is 17.1 Å². The van der Waals surface area contributed by atoms with Crippen LogP contribution in [0.15, 0.2) is 35.7 Å². The van der Waals surface area contributed by atoms with E-state index in [-0.39, 0.29) is 18.4 Å². The van der Waals surface area contributed by atoms with Gasteiger partial charge in [0.1, 0.15) is 17.5 Å². The van der Waals surface area contributed by atoms with E-state index in [2.05, 4.69) is 30.6 Å². The molecule has 0 saturated carbocycles. The van der Waals surface area contributed by atoms with Gasteiger partial charge in [-0.05, 0) is 25.1 Å². The van der Waals surface area contributed by atoms with Crippen molar-refractivity contribution in [2.45, 2.75) is 6.92 Å². The summed E-state index contributed by atoms with van der Waals surface area (Å²) in [7, 11) is 0. The third-order valence-electron chi connectivity index (χ3n) is 3.21. The Bertz CT molecular complexity index is 889. The molecule has 0 radical (unpaired) electrons. The minimum absolute atomic E-state index is 0. The van der Waals surface area contributed by atoms with E-state index in [1.165, 1.54) is 6.33 Å². The van der Waals surface area contributed by atoms with Crippen LogP contribution in [-0.2, 0) is 0 Å². The van der Waals surface area contributed by atoms with Crippen molar-refractivity contribution in [3.05, 3.63) is 35.6 Å². The summed E-state index contributed by atoms with van der Waals surface area (Å²) in [4.78, 5) is 8.48. The lowest BCUT2D eigenvalue weighted by Crippen LogP contribution is -2.29. The van der Waals surface area contributed by atoms with Crippen molar-refractivity contribution < 1.29 is 0 Å². The Labute approximate surface area is 154 Å². The van der Waals surface area contributed by atoms with Crippen LogP contribution in [0.2, 0.25) is 5.02 Å². The number of benzene rings is 1.